The molecule has 18 heavy (non-hydrogen) atoms. The number of carbonyl (C=O) groups is 1. The van der Waals surface area contributed by atoms with Gasteiger partial charge in [0.15, 0.2) is 0 Å². The number of likely N-dealkylation sites (tertiary alicyclic amines) is 1. The van der Waals surface area contributed by atoms with E-state index in [0.717, 1.165) is 0 Å². The van der Waals surface area contributed by atoms with E-state index in [0.29, 0.717) is 0 Å². The van der Waals surface area contributed by atoms with E-state index in [-0.39, 0.29) is 19.7 Å². The van der Waals surface area contributed by atoms with Crippen molar-refractivity contribution < 1.29 is 23.1 Å². The van der Waals surface area contributed by atoms with E-state index in [1.807, 2.05) is 0 Å². The van der Waals surface area contributed by atoms with Gasteiger partial charge in [-0.05, 0) is 20.8 Å². The highest BCUT2D eigenvalue weighted by Crippen LogP contribution is 2.29. The standard InChI is InChI=1S/C11H20F2N2O3/c1-11(2,3)18-10(16)15-4-7(6-17-14)8(5-15)9(12)13/h7-9H,4-6,14H2,1-3H3. The van der Waals surface area contributed by atoms with E-state index >= 15 is 0 Å². The number of nitrogens with zero attached hydrogens (tertiary/aromatic N) is 1. The third-order valence-corrected chi connectivity index (χ3v) is 2.78. The summed E-state index contributed by atoms with van der Waals surface area (Å²) in [5.41, 5.74) is -0.639. The van der Waals surface area contributed by atoms with Gasteiger partial charge in [-0.1, -0.05) is 0 Å². The summed E-state index contributed by atoms with van der Waals surface area (Å²) in [5, 5.41) is 0. The fourth-order valence-electron chi connectivity index (χ4n) is 1.96. The predicted molar refractivity (Wildman–Crippen MR) is 60.9 cm³/mol. The second-order valence-corrected chi connectivity index (χ2v) is 5.48. The average molecular weight is 266 g/mol. The molecule has 5 nitrogen and oxygen atoms in total. The lowest BCUT2D eigenvalue weighted by Gasteiger charge is -2.24. The van der Waals surface area contributed by atoms with Crippen molar-refractivity contribution in [2.45, 2.75) is 32.8 Å². The topological polar surface area (TPSA) is 64.8 Å². The van der Waals surface area contributed by atoms with Gasteiger partial charge in [0.05, 0.1) is 6.61 Å². The zero-order valence-corrected chi connectivity index (χ0v) is 10.9. The summed E-state index contributed by atoms with van der Waals surface area (Å²) in [6.07, 6.45) is -3.08. The molecule has 106 valence electrons. The van der Waals surface area contributed by atoms with Gasteiger partial charge < -0.3 is 14.5 Å². The van der Waals surface area contributed by atoms with Gasteiger partial charge in [-0.25, -0.2) is 19.5 Å². The number of halogens is 2. The summed E-state index contributed by atoms with van der Waals surface area (Å²) in [6, 6.07) is 0. The molecule has 7 heteroatoms. The molecule has 0 spiro atoms. The van der Waals surface area contributed by atoms with Crippen LogP contribution in [-0.2, 0) is 9.57 Å². The van der Waals surface area contributed by atoms with Gasteiger partial charge in [0.1, 0.15) is 5.60 Å². The molecule has 1 aliphatic heterocycles. The summed E-state index contributed by atoms with van der Waals surface area (Å²) in [5.74, 6) is 3.54. The SMILES string of the molecule is CC(C)(C)OC(=O)N1CC(CON)C(C(F)F)C1. The van der Waals surface area contributed by atoms with E-state index in [1.165, 1.54) is 4.90 Å². The van der Waals surface area contributed by atoms with Crippen molar-refractivity contribution in [1.82, 2.24) is 4.90 Å². The van der Waals surface area contributed by atoms with Crippen LogP contribution in [0.3, 0.4) is 0 Å². The first-order valence-corrected chi connectivity index (χ1v) is 5.82. The summed E-state index contributed by atoms with van der Waals surface area (Å²) in [4.78, 5) is 17.5. The fraction of sp³-hybridized carbons (Fsp3) is 0.909. The lowest BCUT2D eigenvalue weighted by atomic mass is 9.98. The first-order valence-electron chi connectivity index (χ1n) is 5.82. The Hall–Kier alpha value is -0.950. The van der Waals surface area contributed by atoms with Gasteiger partial charge in [0, 0.05) is 24.9 Å². The van der Waals surface area contributed by atoms with E-state index in [4.69, 9.17) is 10.6 Å². The zero-order chi connectivity index (χ0) is 13.9. The normalized spacial score (nSPS) is 24.7. The number of hydrogen-bond donors (Lipinski definition) is 1. The van der Waals surface area contributed by atoms with Gasteiger partial charge in [-0.3, -0.25) is 0 Å². The monoisotopic (exact) mass is 266 g/mol. The van der Waals surface area contributed by atoms with Crippen LogP contribution >= 0.6 is 0 Å². The minimum absolute atomic E-state index is 0.00824. The Morgan fingerprint density at radius 2 is 2.06 bits per heavy atom. The van der Waals surface area contributed by atoms with Crippen molar-refractivity contribution in [3.05, 3.63) is 0 Å². The Morgan fingerprint density at radius 1 is 1.44 bits per heavy atom. The van der Waals surface area contributed by atoms with Crippen molar-refractivity contribution in [3.8, 4) is 0 Å². The second-order valence-electron chi connectivity index (χ2n) is 5.48. The molecule has 1 aliphatic rings. The van der Waals surface area contributed by atoms with Crippen molar-refractivity contribution in [2.24, 2.45) is 17.7 Å². The lowest BCUT2D eigenvalue weighted by Crippen LogP contribution is -2.36. The van der Waals surface area contributed by atoms with Crippen LogP contribution in [0.25, 0.3) is 0 Å². The molecule has 2 unspecified atom stereocenters. The Bertz CT molecular complexity index is 295. The summed E-state index contributed by atoms with van der Waals surface area (Å²) in [7, 11) is 0. The number of ether oxygens (including phenoxy) is 1. The molecule has 0 aromatic heterocycles. The van der Waals surface area contributed by atoms with Gasteiger partial charge in [-0.2, -0.15) is 0 Å². The molecule has 1 saturated heterocycles. The van der Waals surface area contributed by atoms with Gasteiger partial charge in [0.2, 0.25) is 6.43 Å². The minimum atomic E-state index is -2.50. The van der Waals surface area contributed by atoms with Crippen LogP contribution < -0.4 is 5.90 Å². The van der Waals surface area contributed by atoms with Crippen molar-refractivity contribution in [3.63, 3.8) is 0 Å². The Labute approximate surface area is 105 Å². The fourth-order valence-corrected chi connectivity index (χ4v) is 1.96. The van der Waals surface area contributed by atoms with E-state index in [2.05, 4.69) is 4.84 Å². The largest absolute Gasteiger partial charge is 0.444 e. The predicted octanol–water partition coefficient (Wildman–Crippen LogP) is 1.62. The number of nitrogens with two attached hydrogens (primary N) is 1. The molecule has 0 aromatic carbocycles. The van der Waals surface area contributed by atoms with E-state index < -0.39 is 30.0 Å². The highest BCUT2D eigenvalue weighted by Gasteiger charge is 2.41. The summed E-state index contributed by atoms with van der Waals surface area (Å²) in [6.45, 7) is 5.35. The van der Waals surface area contributed by atoms with Crippen molar-refractivity contribution in [2.75, 3.05) is 19.7 Å². The zero-order valence-electron chi connectivity index (χ0n) is 10.9. The quantitative estimate of drug-likeness (QED) is 0.788. The molecular formula is C11H20F2N2O3. The molecule has 1 rings (SSSR count). The van der Waals surface area contributed by atoms with Gasteiger partial charge >= 0.3 is 6.09 Å². The molecule has 2 atom stereocenters. The van der Waals surface area contributed by atoms with E-state index in [1.54, 1.807) is 20.8 Å². The summed E-state index contributed by atoms with van der Waals surface area (Å²) < 4.78 is 30.8. The number of hydrogen-bond acceptors (Lipinski definition) is 4. The van der Waals surface area contributed by atoms with Crippen LogP contribution in [0.5, 0.6) is 0 Å². The molecule has 0 aliphatic carbocycles. The first-order chi connectivity index (χ1) is 8.24. The van der Waals surface area contributed by atoms with Crippen molar-refractivity contribution >= 4 is 6.09 Å². The molecule has 0 radical (unpaired) electrons. The first kappa shape index (κ1) is 15.1. The second kappa shape index (κ2) is 5.79. The average Bonchev–Trinajstić information content (AvgIpc) is 2.59. The maximum Gasteiger partial charge on any atom is 0.410 e. The van der Waals surface area contributed by atoms with Crippen LogP contribution in [0.15, 0.2) is 0 Å². The molecule has 1 amide bonds. The molecule has 2 N–H and O–H groups in total. The smallest absolute Gasteiger partial charge is 0.410 e. The Morgan fingerprint density at radius 3 is 2.50 bits per heavy atom. The third kappa shape index (κ3) is 4.06. The maximum absolute atomic E-state index is 12.8. The van der Waals surface area contributed by atoms with Crippen LogP contribution in [0.1, 0.15) is 20.8 Å². The third-order valence-electron chi connectivity index (χ3n) is 2.78. The lowest BCUT2D eigenvalue weighted by molar-refractivity contribution is 0.0223. The van der Waals surface area contributed by atoms with E-state index in [9.17, 15) is 13.6 Å². The van der Waals surface area contributed by atoms with Crippen molar-refractivity contribution in [1.29, 1.82) is 0 Å². The number of amides is 1. The van der Waals surface area contributed by atoms with Gasteiger partial charge in [0.25, 0.3) is 0 Å². The Balaban J connectivity index is 2.62. The molecular weight excluding hydrogens is 246 g/mol. The highest BCUT2D eigenvalue weighted by atomic mass is 19.3. The molecule has 0 saturated carbocycles. The number of rotatable bonds is 3. The summed E-state index contributed by atoms with van der Waals surface area (Å²) >= 11 is 0. The highest BCUT2D eigenvalue weighted by molar-refractivity contribution is 5.68. The molecule has 0 aromatic rings. The number of alkyl halides is 2. The molecule has 1 heterocycles. The van der Waals surface area contributed by atoms with Crippen LogP contribution in [0.4, 0.5) is 13.6 Å². The van der Waals surface area contributed by atoms with Crippen LogP contribution in [0.2, 0.25) is 0 Å². The molecule has 1 fully saturated rings. The van der Waals surface area contributed by atoms with Crippen LogP contribution in [-0.4, -0.2) is 42.7 Å². The Kier molecular flexibility index (Phi) is 4.86. The van der Waals surface area contributed by atoms with Gasteiger partial charge in [-0.15, -0.1) is 0 Å². The maximum atomic E-state index is 12.8. The minimum Gasteiger partial charge on any atom is -0.444 e. The van der Waals surface area contributed by atoms with Crippen LogP contribution in [0, 0.1) is 11.8 Å². The number of carbonyl (C=O) groups excluding carboxylic acids is 1. The molecule has 0 bridgehead atoms.